The third-order valence-corrected chi connectivity index (χ3v) is 2.55. The molecule has 0 spiro atoms. The molecule has 0 bridgehead atoms. The number of hydrogen-bond acceptors (Lipinski definition) is 4. The fourth-order valence-electron chi connectivity index (χ4n) is 0.624. The van der Waals surface area contributed by atoms with E-state index in [2.05, 4.69) is 4.28 Å². The van der Waals surface area contributed by atoms with Crippen molar-refractivity contribution in [1.82, 2.24) is 5.48 Å². The normalized spacial score (nSPS) is 10.9. The summed E-state index contributed by atoms with van der Waals surface area (Å²) in [7, 11) is -3.62. The smallest absolute Gasteiger partial charge is 1.00 e. The van der Waals surface area contributed by atoms with Crippen molar-refractivity contribution in [2.24, 2.45) is 5.92 Å². The number of carbonyl (C=O) groups excluding carboxylic acids is 1. The third kappa shape index (κ3) is 8.96. The summed E-state index contributed by atoms with van der Waals surface area (Å²) in [4.78, 5) is 10.6. The topological polar surface area (TPSA) is 72.5 Å². The summed E-state index contributed by atoms with van der Waals surface area (Å²) in [5.41, 5.74) is 1.85. The first-order valence-electron chi connectivity index (χ1n) is 4.07. The largest absolute Gasteiger partial charge is 1.00 e. The minimum Gasteiger partial charge on any atom is -1.00 e. The van der Waals surface area contributed by atoms with E-state index in [1.165, 1.54) is 0 Å². The maximum Gasteiger partial charge on any atom is 1.00 e. The average molecular weight is 233 g/mol. The van der Waals surface area contributed by atoms with E-state index >= 15 is 0 Å². The molecule has 14 heavy (non-hydrogen) atoms. The van der Waals surface area contributed by atoms with Gasteiger partial charge in [0, 0.05) is 6.42 Å². The van der Waals surface area contributed by atoms with Gasteiger partial charge in [-0.1, -0.05) is 20.8 Å². The summed E-state index contributed by atoms with van der Waals surface area (Å²) in [5.74, 6) is -0.576. The molecule has 80 valence electrons. The van der Waals surface area contributed by atoms with Crippen molar-refractivity contribution in [2.75, 3.05) is 5.75 Å². The molecule has 0 unspecified atom stereocenters. The standard InChI is InChI=1S/C7H15NO4S.Na.H/c1-4-7(9)8-12-13(10,11)5-6(2)3;;/h6H,4-5H2,1-3H3,(H,8,9);;/q;+1;-1. The molecule has 0 rings (SSSR count). The van der Waals surface area contributed by atoms with E-state index in [-0.39, 0.29) is 49.1 Å². The Labute approximate surface area is 108 Å². The molecule has 0 aliphatic carbocycles. The van der Waals surface area contributed by atoms with Crippen molar-refractivity contribution in [3.05, 3.63) is 0 Å². The van der Waals surface area contributed by atoms with Crippen LogP contribution in [0.15, 0.2) is 0 Å². The van der Waals surface area contributed by atoms with E-state index in [4.69, 9.17) is 0 Å². The van der Waals surface area contributed by atoms with Crippen LogP contribution < -0.4 is 35.0 Å². The van der Waals surface area contributed by atoms with Crippen molar-refractivity contribution in [3.8, 4) is 0 Å². The van der Waals surface area contributed by atoms with Crippen LogP contribution in [0.1, 0.15) is 28.6 Å². The SMILES string of the molecule is CCC(=O)NOS(=O)(=O)CC(C)C.[H-].[Na+]. The van der Waals surface area contributed by atoms with E-state index in [1.807, 2.05) is 5.48 Å². The zero-order valence-electron chi connectivity index (χ0n) is 10.0. The van der Waals surface area contributed by atoms with Crippen LogP contribution in [0.4, 0.5) is 0 Å². The predicted octanol–water partition coefficient (Wildman–Crippen LogP) is -2.45. The van der Waals surface area contributed by atoms with Gasteiger partial charge < -0.3 is 1.43 Å². The molecular weight excluding hydrogens is 217 g/mol. The molecule has 0 aromatic heterocycles. The Hall–Kier alpha value is 0.380. The van der Waals surface area contributed by atoms with Gasteiger partial charge in [-0.2, -0.15) is 8.42 Å². The van der Waals surface area contributed by atoms with Crippen LogP contribution >= 0.6 is 0 Å². The maximum atomic E-state index is 11.0. The molecule has 0 saturated heterocycles. The molecule has 0 aromatic carbocycles. The van der Waals surface area contributed by atoms with Crippen molar-refractivity contribution >= 4 is 16.0 Å². The third-order valence-electron chi connectivity index (χ3n) is 1.14. The second-order valence-corrected chi connectivity index (χ2v) is 4.70. The van der Waals surface area contributed by atoms with Crippen molar-refractivity contribution in [2.45, 2.75) is 27.2 Å². The van der Waals surface area contributed by atoms with Gasteiger partial charge in [-0.25, -0.2) is 5.48 Å². The predicted molar refractivity (Wildman–Crippen MR) is 49.3 cm³/mol. The molecule has 0 aliphatic heterocycles. The molecule has 1 amide bonds. The Bertz CT molecular complexity index is 268. The van der Waals surface area contributed by atoms with Gasteiger partial charge >= 0.3 is 29.6 Å². The van der Waals surface area contributed by atoms with E-state index in [1.54, 1.807) is 20.8 Å². The van der Waals surface area contributed by atoms with Gasteiger partial charge in [0.1, 0.15) is 0 Å². The zero-order chi connectivity index (χ0) is 10.5. The summed E-state index contributed by atoms with van der Waals surface area (Å²) in [6.45, 7) is 5.11. The molecule has 0 saturated carbocycles. The molecule has 7 heteroatoms. The summed E-state index contributed by atoms with van der Waals surface area (Å²) < 4.78 is 26.3. The Balaban J connectivity index is -0.000000720. The summed E-state index contributed by atoms with van der Waals surface area (Å²) >= 11 is 0. The molecule has 5 nitrogen and oxygen atoms in total. The first-order valence-corrected chi connectivity index (χ1v) is 5.65. The monoisotopic (exact) mass is 233 g/mol. The number of nitrogens with one attached hydrogen (secondary N) is 1. The number of hydroxylamine groups is 1. The van der Waals surface area contributed by atoms with Crippen molar-refractivity contribution < 1.29 is 48.5 Å². The molecule has 0 aromatic rings. The van der Waals surface area contributed by atoms with Crippen LogP contribution in [-0.4, -0.2) is 20.1 Å². The summed E-state index contributed by atoms with van der Waals surface area (Å²) in [6, 6.07) is 0. The van der Waals surface area contributed by atoms with Gasteiger partial charge in [0.2, 0.25) is 5.91 Å². The molecule has 0 heterocycles. The number of carbonyl (C=O) groups is 1. The molecular formula is C7H16NNaO4S. The Kier molecular flexibility index (Phi) is 9.17. The van der Waals surface area contributed by atoms with Gasteiger partial charge in [0.15, 0.2) is 0 Å². The van der Waals surface area contributed by atoms with Gasteiger partial charge in [0.25, 0.3) is 10.1 Å². The van der Waals surface area contributed by atoms with Crippen molar-refractivity contribution in [1.29, 1.82) is 0 Å². The fraction of sp³-hybridized carbons (Fsp3) is 0.857. The van der Waals surface area contributed by atoms with Gasteiger partial charge in [-0.15, -0.1) is 4.28 Å². The number of amides is 1. The van der Waals surface area contributed by atoms with Gasteiger partial charge in [0.05, 0.1) is 5.75 Å². The van der Waals surface area contributed by atoms with Crippen LogP contribution in [0.25, 0.3) is 0 Å². The second kappa shape index (κ2) is 7.64. The minimum absolute atomic E-state index is 0. The number of rotatable bonds is 5. The van der Waals surface area contributed by atoms with Gasteiger partial charge in [-0.05, 0) is 5.92 Å². The van der Waals surface area contributed by atoms with Gasteiger partial charge in [-0.3, -0.25) is 4.79 Å². The molecule has 0 aliphatic rings. The van der Waals surface area contributed by atoms with E-state index in [0.29, 0.717) is 0 Å². The van der Waals surface area contributed by atoms with Crippen LogP contribution in [0.5, 0.6) is 0 Å². The number of hydrogen-bond donors (Lipinski definition) is 1. The minimum atomic E-state index is -3.62. The Morgan fingerprint density at radius 2 is 2.00 bits per heavy atom. The Morgan fingerprint density at radius 3 is 2.36 bits per heavy atom. The van der Waals surface area contributed by atoms with Crippen LogP contribution in [0, 0.1) is 5.92 Å². The molecule has 0 fully saturated rings. The van der Waals surface area contributed by atoms with E-state index < -0.39 is 16.0 Å². The second-order valence-electron chi connectivity index (χ2n) is 3.08. The zero-order valence-corrected chi connectivity index (χ0v) is 11.8. The van der Waals surface area contributed by atoms with E-state index in [9.17, 15) is 13.2 Å². The fourth-order valence-corrected chi connectivity index (χ4v) is 1.73. The average Bonchev–Trinajstić information content (AvgIpc) is 1.98. The first kappa shape index (κ1) is 16.8. The molecule has 0 radical (unpaired) electrons. The van der Waals surface area contributed by atoms with Crippen LogP contribution in [0.2, 0.25) is 0 Å². The molecule has 0 atom stereocenters. The summed E-state index contributed by atoms with van der Waals surface area (Å²) in [5, 5.41) is 0. The maximum absolute atomic E-state index is 11.0. The summed E-state index contributed by atoms with van der Waals surface area (Å²) in [6.07, 6.45) is 0.192. The Morgan fingerprint density at radius 1 is 1.50 bits per heavy atom. The van der Waals surface area contributed by atoms with E-state index in [0.717, 1.165) is 0 Å². The van der Waals surface area contributed by atoms with Crippen LogP contribution in [-0.2, 0) is 19.2 Å². The first-order chi connectivity index (χ1) is 5.87. The van der Waals surface area contributed by atoms with Crippen molar-refractivity contribution in [3.63, 3.8) is 0 Å². The quantitative estimate of drug-likeness (QED) is 0.422. The van der Waals surface area contributed by atoms with Crippen LogP contribution in [0.3, 0.4) is 0 Å². The molecule has 1 N–H and O–H groups in total.